The van der Waals surface area contributed by atoms with E-state index in [1.54, 1.807) is 6.07 Å². The molecule has 6 heteroatoms. The zero-order valence-corrected chi connectivity index (χ0v) is 16.1. The van der Waals surface area contributed by atoms with Crippen LogP contribution in [0.5, 0.6) is 0 Å². The number of nitrogens with one attached hydrogen (secondary N) is 2. The van der Waals surface area contributed by atoms with Gasteiger partial charge in [-0.2, -0.15) is 0 Å². The third kappa shape index (κ3) is 4.86. The van der Waals surface area contributed by atoms with Crippen molar-refractivity contribution in [2.45, 2.75) is 64.5 Å². The Hall–Kier alpha value is -1.95. The standard InChI is InChI=1S/C21H30FN3O2/c1-12(2)8-19(26)24-18-7-6-15(11-17(18)22)21(27)25-20-13-4-3-5-14(20)10-16(23)9-13/h6-7,11-14,16,20H,3-5,8-10,23H2,1-2H3,(H,24,26)(H,25,27). The SMILES string of the molecule is CC(C)CC(=O)Nc1ccc(C(=O)NC2C3CCCC2CC(N)C3)cc1F. The molecule has 1 aromatic rings. The van der Waals surface area contributed by atoms with E-state index in [2.05, 4.69) is 10.6 Å². The van der Waals surface area contributed by atoms with Crippen molar-refractivity contribution in [2.75, 3.05) is 5.32 Å². The molecule has 5 nitrogen and oxygen atoms in total. The number of rotatable bonds is 5. The summed E-state index contributed by atoms with van der Waals surface area (Å²) in [5, 5.41) is 5.69. The molecule has 2 unspecified atom stereocenters. The summed E-state index contributed by atoms with van der Waals surface area (Å²) < 4.78 is 14.4. The van der Waals surface area contributed by atoms with Crippen LogP contribution in [-0.4, -0.2) is 23.9 Å². The number of nitrogens with two attached hydrogens (primary N) is 1. The molecule has 0 aromatic heterocycles. The number of anilines is 1. The van der Waals surface area contributed by atoms with Crippen molar-refractivity contribution in [1.29, 1.82) is 0 Å². The second-order valence-corrected chi connectivity index (χ2v) is 8.52. The zero-order valence-electron chi connectivity index (χ0n) is 16.1. The van der Waals surface area contributed by atoms with E-state index in [-0.39, 0.29) is 41.1 Å². The quantitative estimate of drug-likeness (QED) is 0.737. The molecule has 2 aliphatic carbocycles. The molecule has 2 aliphatic rings. The summed E-state index contributed by atoms with van der Waals surface area (Å²) in [7, 11) is 0. The van der Waals surface area contributed by atoms with E-state index in [0.717, 1.165) is 25.7 Å². The molecular formula is C21H30FN3O2. The Morgan fingerprint density at radius 1 is 1.22 bits per heavy atom. The van der Waals surface area contributed by atoms with E-state index in [4.69, 9.17) is 5.73 Å². The Labute approximate surface area is 160 Å². The highest BCUT2D eigenvalue weighted by Gasteiger charge is 2.40. The molecule has 2 amide bonds. The lowest BCUT2D eigenvalue weighted by Crippen LogP contribution is -2.53. The van der Waals surface area contributed by atoms with Crippen LogP contribution >= 0.6 is 0 Å². The maximum absolute atomic E-state index is 14.4. The van der Waals surface area contributed by atoms with Crippen molar-refractivity contribution in [3.05, 3.63) is 29.6 Å². The summed E-state index contributed by atoms with van der Waals surface area (Å²) in [6.45, 7) is 3.85. The lowest BCUT2D eigenvalue weighted by atomic mass is 9.67. The van der Waals surface area contributed by atoms with Gasteiger partial charge >= 0.3 is 0 Å². The Balaban J connectivity index is 1.65. The predicted molar refractivity (Wildman–Crippen MR) is 104 cm³/mol. The molecule has 0 saturated heterocycles. The van der Waals surface area contributed by atoms with Crippen LogP contribution < -0.4 is 16.4 Å². The van der Waals surface area contributed by atoms with Gasteiger partial charge in [-0.15, -0.1) is 0 Å². The Kier molecular flexibility index (Phi) is 6.15. The number of benzene rings is 1. The predicted octanol–water partition coefficient (Wildman–Crippen LogP) is 3.45. The first-order chi connectivity index (χ1) is 12.8. The van der Waals surface area contributed by atoms with Crippen LogP contribution in [0, 0.1) is 23.6 Å². The third-order valence-electron chi connectivity index (χ3n) is 5.77. The van der Waals surface area contributed by atoms with E-state index >= 15 is 0 Å². The van der Waals surface area contributed by atoms with Gasteiger partial charge in [-0.1, -0.05) is 20.3 Å². The first-order valence-corrected chi connectivity index (χ1v) is 9.99. The summed E-state index contributed by atoms with van der Waals surface area (Å²) in [5.74, 6) is -0.0580. The molecule has 0 spiro atoms. The molecule has 2 bridgehead atoms. The summed E-state index contributed by atoms with van der Waals surface area (Å²) in [4.78, 5) is 24.5. The largest absolute Gasteiger partial charge is 0.349 e. The summed E-state index contributed by atoms with van der Waals surface area (Å²) >= 11 is 0. The monoisotopic (exact) mass is 375 g/mol. The number of halogens is 1. The Morgan fingerprint density at radius 2 is 1.89 bits per heavy atom. The van der Waals surface area contributed by atoms with Crippen molar-refractivity contribution < 1.29 is 14.0 Å². The molecule has 27 heavy (non-hydrogen) atoms. The summed E-state index contributed by atoms with van der Waals surface area (Å²) in [5.41, 5.74) is 6.53. The van der Waals surface area contributed by atoms with Gasteiger partial charge in [0.05, 0.1) is 5.69 Å². The first kappa shape index (κ1) is 19.8. The first-order valence-electron chi connectivity index (χ1n) is 9.99. The summed E-state index contributed by atoms with van der Waals surface area (Å²) in [6.07, 6.45) is 5.57. The van der Waals surface area contributed by atoms with Crippen molar-refractivity contribution >= 4 is 17.5 Å². The fourth-order valence-corrected chi connectivity index (χ4v) is 4.59. The molecule has 2 atom stereocenters. The van der Waals surface area contributed by atoms with Gasteiger partial charge in [0, 0.05) is 24.1 Å². The number of hydrogen-bond donors (Lipinski definition) is 3. The van der Waals surface area contributed by atoms with E-state index < -0.39 is 5.82 Å². The van der Waals surface area contributed by atoms with Gasteiger partial charge in [-0.3, -0.25) is 9.59 Å². The van der Waals surface area contributed by atoms with Gasteiger partial charge in [-0.25, -0.2) is 4.39 Å². The van der Waals surface area contributed by atoms with Crippen LogP contribution in [0.15, 0.2) is 18.2 Å². The molecule has 3 rings (SSSR count). The van der Waals surface area contributed by atoms with Crippen molar-refractivity contribution in [2.24, 2.45) is 23.5 Å². The zero-order chi connectivity index (χ0) is 19.6. The van der Waals surface area contributed by atoms with Crippen LogP contribution in [0.2, 0.25) is 0 Å². The summed E-state index contributed by atoms with van der Waals surface area (Å²) in [6, 6.07) is 4.57. The molecule has 0 heterocycles. The molecule has 1 aromatic carbocycles. The topological polar surface area (TPSA) is 84.2 Å². The minimum atomic E-state index is -0.592. The van der Waals surface area contributed by atoms with E-state index in [0.29, 0.717) is 18.3 Å². The maximum atomic E-state index is 14.4. The number of carbonyl (C=O) groups excluding carboxylic acids is 2. The molecule has 2 fully saturated rings. The lowest BCUT2D eigenvalue weighted by molar-refractivity contribution is -0.116. The molecule has 0 radical (unpaired) electrons. The van der Waals surface area contributed by atoms with Gasteiger partial charge in [-0.05, 0) is 61.6 Å². The van der Waals surface area contributed by atoms with Crippen LogP contribution in [0.3, 0.4) is 0 Å². The highest BCUT2D eigenvalue weighted by atomic mass is 19.1. The fraction of sp³-hybridized carbons (Fsp3) is 0.619. The molecule has 0 aliphatic heterocycles. The highest BCUT2D eigenvalue weighted by molar-refractivity contribution is 5.96. The molecular weight excluding hydrogens is 345 g/mol. The van der Waals surface area contributed by atoms with E-state index in [1.807, 2.05) is 13.8 Å². The third-order valence-corrected chi connectivity index (χ3v) is 5.77. The normalized spacial score (nSPS) is 27.3. The van der Waals surface area contributed by atoms with Gasteiger partial charge in [0.25, 0.3) is 5.91 Å². The Morgan fingerprint density at radius 3 is 2.48 bits per heavy atom. The van der Waals surface area contributed by atoms with Crippen LogP contribution in [-0.2, 0) is 4.79 Å². The minimum absolute atomic E-state index is 0.109. The highest BCUT2D eigenvalue weighted by Crippen LogP contribution is 2.39. The van der Waals surface area contributed by atoms with Gasteiger partial charge in [0.2, 0.25) is 5.91 Å². The maximum Gasteiger partial charge on any atom is 0.251 e. The Bertz CT molecular complexity index is 693. The average Bonchev–Trinajstić information content (AvgIpc) is 2.56. The second kappa shape index (κ2) is 8.38. The number of hydrogen-bond acceptors (Lipinski definition) is 3. The van der Waals surface area contributed by atoms with Crippen molar-refractivity contribution in [3.63, 3.8) is 0 Å². The number of fused-ring (bicyclic) bond motifs is 2. The van der Waals surface area contributed by atoms with Crippen LogP contribution in [0.25, 0.3) is 0 Å². The minimum Gasteiger partial charge on any atom is -0.349 e. The van der Waals surface area contributed by atoms with Crippen molar-refractivity contribution in [1.82, 2.24) is 5.32 Å². The van der Waals surface area contributed by atoms with Gasteiger partial charge in [0.1, 0.15) is 5.82 Å². The molecule has 4 N–H and O–H groups in total. The van der Waals surface area contributed by atoms with Gasteiger partial charge < -0.3 is 16.4 Å². The number of amides is 2. The molecule has 148 valence electrons. The average molecular weight is 375 g/mol. The van der Waals surface area contributed by atoms with Crippen LogP contribution in [0.4, 0.5) is 10.1 Å². The van der Waals surface area contributed by atoms with Crippen LogP contribution in [0.1, 0.15) is 62.7 Å². The fourth-order valence-electron chi connectivity index (χ4n) is 4.59. The second-order valence-electron chi connectivity index (χ2n) is 8.52. The van der Waals surface area contributed by atoms with Gasteiger partial charge in [0.15, 0.2) is 0 Å². The van der Waals surface area contributed by atoms with E-state index in [9.17, 15) is 14.0 Å². The van der Waals surface area contributed by atoms with Crippen molar-refractivity contribution in [3.8, 4) is 0 Å². The number of carbonyl (C=O) groups is 2. The smallest absolute Gasteiger partial charge is 0.251 e. The van der Waals surface area contributed by atoms with E-state index in [1.165, 1.54) is 18.6 Å². The molecule has 2 saturated carbocycles. The lowest BCUT2D eigenvalue weighted by Gasteiger charge is -2.45.